The average Bonchev–Trinajstić information content (AvgIpc) is 2.55. The molecule has 1 aromatic rings. The second-order valence-corrected chi connectivity index (χ2v) is 6.42. The Hall–Kier alpha value is -1.23. The van der Waals surface area contributed by atoms with Crippen LogP contribution in [0, 0.1) is 0 Å². The van der Waals surface area contributed by atoms with Gasteiger partial charge in [0.05, 0.1) is 17.0 Å². The standard InChI is InChI=1S/C15H28N4O/c1-11(2)13-12(16)14(19(3)18-13)17-10-15(20)8-6-4-5-7-9-15/h11,17,20H,4-10,16H2,1-3H3. The van der Waals surface area contributed by atoms with Crippen molar-refractivity contribution in [3.8, 4) is 0 Å². The summed E-state index contributed by atoms with van der Waals surface area (Å²) in [4.78, 5) is 0. The van der Waals surface area contributed by atoms with Gasteiger partial charge in [-0.05, 0) is 18.8 Å². The SMILES string of the molecule is CC(C)c1nn(C)c(NCC2(O)CCCCCC2)c1N. The van der Waals surface area contributed by atoms with Crippen LogP contribution in [0.15, 0.2) is 0 Å². The van der Waals surface area contributed by atoms with Crippen LogP contribution >= 0.6 is 0 Å². The molecule has 5 nitrogen and oxygen atoms in total. The lowest BCUT2D eigenvalue weighted by molar-refractivity contribution is 0.0380. The lowest BCUT2D eigenvalue weighted by Crippen LogP contribution is -2.36. The van der Waals surface area contributed by atoms with Crippen molar-refractivity contribution in [3.05, 3.63) is 5.69 Å². The number of anilines is 2. The highest BCUT2D eigenvalue weighted by atomic mass is 16.3. The van der Waals surface area contributed by atoms with Crippen molar-refractivity contribution < 1.29 is 5.11 Å². The smallest absolute Gasteiger partial charge is 0.147 e. The van der Waals surface area contributed by atoms with Crippen molar-refractivity contribution in [3.63, 3.8) is 0 Å². The zero-order chi connectivity index (χ0) is 14.8. The minimum absolute atomic E-state index is 0.303. The van der Waals surface area contributed by atoms with E-state index in [1.165, 1.54) is 12.8 Å². The molecule has 0 bridgehead atoms. The van der Waals surface area contributed by atoms with E-state index in [9.17, 15) is 5.11 Å². The predicted molar refractivity (Wildman–Crippen MR) is 82.9 cm³/mol. The van der Waals surface area contributed by atoms with Crippen LogP contribution < -0.4 is 11.1 Å². The first-order valence-electron chi connectivity index (χ1n) is 7.71. The molecule has 4 N–H and O–H groups in total. The topological polar surface area (TPSA) is 76.1 Å². The number of aliphatic hydroxyl groups is 1. The van der Waals surface area contributed by atoms with Gasteiger partial charge >= 0.3 is 0 Å². The summed E-state index contributed by atoms with van der Waals surface area (Å²) >= 11 is 0. The van der Waals surface area contributed by atoms with Crippen molar-refractivity contribution in [2.24, 2.45) is 7.05 Å². The van der Waals surface area contributed by atoms with Gasteiger partial charge in [0.1, 0.15) is 5.82 Å². The normalized spacial score (nSPS) is 19.1. The molecule has 1 heterocycles. The van der Waals surface area contributed by atoms with Gasteiger partial charge in [0, 0.05) is 13.6 Å². The number of nitrogens with one attached hydrogen (secondary N) is 1. The van der Waals surface area contributed by atoms with E-state index in [1.54, 1.807) is 4.68 Å². The molecule has 20 heavy (non-hydrogen) atoms. The summed E-state index contributed by atoms with van der Waals surface area (Å²) in [5.74, 6) is 1.13. The maximum atomic E-state index is 10.7. The van der Waals surface area contributed by atoms with Crippen LogP contribution in [0.4, 0.5) is 11.5 Å². The lowest BCUT2D eigenvalue weighted by Gasteiger charge is -2.27. The predicted octanol–water partition coefficient (Wildman–Crippen LogP) is 2.62. The van der Waals surface area contributed by atoms with E-state index in [-0.39, 0.29) is 0 Å². The fourth-order valence-corrected chi connectivity index (χ4v) is 3.01. The number of hydrogen-bond donors (Lipinski definition) is 3. The fourth-order valence-electron chi connectivity index (χ4n) is 3.01. The Morgan fingerprint density at radius 2 is 1.90 bits per heavy atom. The summed E-state index contributed by atoms with van der Waals surface area (Å²) in [5.41, 5.74) is 7.19. The highest BCUT2D eigenvalue weighted by molar-refractivity contribution is 5.65. The molecule has 0 atom stereocenters. The van der Waals surface area contributed by atoms with Crippen LogP contribution in [-0.4, -0.2) is 27.0 Å². The Kier molecular flexibility index (Phi) is 4.58. The van der Waals surface area contributed by atoms with Crippen molar-refractivity contribution in [1.82, 2.24) is 9.78 Å². The molecule has 1 fully saturated rings. The van der Waals surface area contributed by atoms with Crippen molar-refractivity contribution >= 4 is 11.5 Å². The number of rotatable bonds is 4. The highest BCUT2D eigenvalue weighted by Gasteiger charge is 2.28. The van der Waals surface area contributed by atoms with Gasteiger partial charge in [0.25, 0.3) is 0 Å². The Labute approximate surface area is 121 Å². The van der Waals surface area contributed by atoms with Gasteiger partial charge in [-0.2, -0.15) is 5.10 Å². The number of nitrogen functional groups attached to an aromatic ring is 1. The van der Waals surface area contributed by atoms with Crippen LogP contribution in [0.2, 0.25) is 0 Å². The van der Waals surface area contributed by atoms with Crippen molar-refractivity contribution in [2.75, 3.05) is 17.6 Å². The van der Waals surface area contributed by atoms with E-state index in [1.807, 2.05) is 7.05 Å². The van der Waals surface area contributed by atoms with Crippen molar-refractivity contribution in [2.45, 2.75) is 63.9 Å². The van der Waals surface area contributed by atoms with Gasteiger partial charge in [0.15, 0.2) is 0 Å². The third-order valence-corrected chi connectivity index (χ3v) is 4.28. The van der Waals surface area contributed by atoms with E-state index in [2.05, 4.69) is 24.3 Å². The van der Waals surface area contributed by atoms with Gasteiger partial charge in [-0.15, -0.1) is 0 Å². The molecule has 1 aromatic heterocycles. The van der Waals surface area contributed by atoms with Gasteiger partial charge in [-0.25, -0.2) is 0 Å². The first-order chi connectivity index (χ1) is 9.43. The van der Waals surface area contributed by atoms with Crippen molar-refractivity contribution in [1.29, 1.82) is 0 Å². The molecule has 0 unspecified atom stereocenters. The van der Waals surface area contributed by atoms with E-state index in [4.69, 9.17) is 5.73 Å². The number of nitrogens with two attached hydrogens (primary N) is 1. The summed E-state index contributed by atoms with van der Waals surface area (Å²) < 4.78 is 1.78. The molecule has 0 radical (unpaired) electrons. The minimum atomic E-state index is -0.606. The molecule has 1 aliphatic rings. The third kappa shape index (κ3) is 3.26. The first kappa shape index (κ1) is 15.2. The Morgan fingerprint density at radius 3 is 2.40 bits per heavy atom. The molecule has 1 aliphatic carbocycles. The van der Waals surface area contributed by atoms with E-state index < -0.39 is 5.60 Å². The van der Waals surface area contributed by atoms with Crippen LogP contribution in [0.25, 0.3) is 0 Å². The second-order valence-electron chi connectivity index (χ2n) is 6.42. The third-order valence-electron chi connectivity index (χ3n) is 4.28. The quantitative estimate of drug-likeness (QED) is 0.741. The number of aryl methyl sites for hydroxylation is 1. The first-order valence-corrected chi connectivity index (χ1v) is 7.71. The molecule has 1 saturated carbocycles. The highest BCUT2D eigenvalue weighted by Crippen LogP contribution is 2.30. The summed E-state index contributed by atoms with van der Waals surface area (Å²) in [6.45, 7) is 4.72. The molecular formula is C15H28N4O. The van der Waals surface area contributed by atoms with Gasteiger partial charge in [0.2, 0.25) is 0 Å². The summed E-state index contributed by atoms with van der Waals surface area (Å²) in [7, 11) is 1.89. The zero-order valence-corrected chi connectivity index (χ0v) is 12.9. The Bertz CT molecular complexity index is 445. The molecule has 0 aliphatic heterocycles. The van der Waals surface area contributed by atoms with Gasteiger partial charge < -0.3 is 16.2 Å². The monoisotopic (exact) mass is 280 g/mol. The van der Waals surface area contributed by atoms with Crippen LogP contribution in [0.1, 0.15) is 64.0 Å². The maximum absolute atomic E-state index is 10.7. The molecule has 0 saturated heterocycles. The molecule has 0 spiro atoms. The van der Waals surface area contributed by atoms with Gasteiger partial charge in [-0.3, -0.25) is 4.68 Å². The molecule has 2 rings (SSSR count). The largest absolute Gasteiger partial charge is 0.394 e. The molecule has 5 heteroatoms. The van der Waals surface area contributed by atoms with Crippen LogP contribution in [0.3, 0.4) is 0 Å². The van der Waals surface area contributed by atoms with Crippen LogP contribution in [-0.2, 0) is 7.05 Å². The second kappa shape index (κ2) is 6.04. The lowest BCUT2D eigenvalue weighted by atomic mass is 9.94. The van der Waals surface area contributed by atoms with E-state index in [0.717, 1.165) is 37.2 Å². The molecule has 0 amide bonds. The van der Waals surface area contributed by atoms with Gasteiger partial charge in [-0.1, -0.05) is 39.5 Å². The minimum Gasteiger partial charge on any atom is -0.394 e. The Balaban J connectivity index is 2.06. The summed E-state index contributed by atoms with van der Waals surface area (Å²) in [6.07, 6.45) is 6.41. The summed E-state index contributed by atoms with van der Waals surface area (Å²) in [5, 5.41) is 18.5. The fraction of sp³-hybridized carbons (Fsp3) is 0.800. The van der Waals surface area contributed by atoms with E-state index in [0.29, 0.717) is 18.2 Å². The molecular weight excluding hydrogens is 252 g/mol. The Morgan fingerprint density at radius 1 is 1.30 bits per heavy atom. The average molecular weight is 280 g/mol. The number of nitrogens with zero attached hydrogens (tertiary/aromatic N) is 2. The molecule has 114 valence electrons. The van der Waals surface area contributed by atoms with E-state index >= 15 is 0 Å². The number of aromatic nitrogens is 2. The summed E-state index contributed by atoms with van der Waals surface area (Å²) in [6, 6.07) is 0. The zero-order valence-electron chi connectivity index (χ0n) is 12.9. The maximum Gasteiger partial charge on any atom is 0.147 e. The van der Waals surface area contributed by atoms with Crippen LogP contribution in [0.5, 0.6) is 0 Å². The molecule has 0 aromatic carbocycles. The number of hydrogen-bond acceptors (Lipinski definition) is 4.